The summed E-state index contributed by atoms with van der Waals surface area (Å²) < 4.78 is 0. The second-order valence-corrected chi connectivity index (χ2v) is 4.85. The molecule has 0 unspecified atom stereocenters. The van der Waals surface area contributed by atoms with E-state index >= 15 is 0 Å². The van der Waals surface area contributed by atoms with Crippen molar-refractivity contribution in [3.63, 3.8) is 0 Å². The zero-order valence-electron chi connectivity index (χ0n) is 8.92. The number of anilines is 1. The normalized spacial score (nSPS) is 10.1. The molecule has 0 bridgehead atoms. The lowest BCUT2D eigenvalue weighted by Gasteiger charge is -2.02. The number of nitro groups is 1. The van der Waals surface area contributed by atoms with Crippen LogP contribution >= 0.6 is 22.9 Å². The molecule has 1 N–H and O–H groups in total. The van der Waals surface area contributed by atoms with Crippen molar-refractivity contribution in [3.8, 4) is 0 Å². The predicted molar refractivity (Wildman–Crippen MR) is 70.4 cm³/mol. The van der Waals surface area contributed by atoms with Gasteiger partial charge in [-0.1, -0.05) is 22.9 Å². The summed E-state index contributed by atoms with van der Waals surface area (Å²) in [7, 11) is 0. The zero-order valence-corrected chi connectivity index (χ0v) is 10.5. The maximum absolute atomic E-state index is 11.8. The van der Waals surface area contributed by atoms with Crippen LogP contribution in [0.5, 0.6) is 0 Å². The van der Waals surface area contributed by atoms with Gasteiger partial charge in [0.1, 0.15) is 0 Å². The van der Waals surface area contributed by atoms with E-state index in [1.807, 2.05) is 0 Å². The van der Waals surface area contributed by atoms with Gasteiger partial charge in [-0.15, -0.1) is 0 Å². The van der Waals surface area contributed by atoms with Gasteiger partial charge < -0.3 is 5.32 Å². The van der Waals surface area contributed by atoms with E-state index in [1.54, 1.807) is 24.3 Å². The lowest BCUT2D eigenvalue weighted by Crippen LogP contribution is -2.09. The largest absolute Gasteiger partial charge is 0.324 e. The topological polar surface area (TPSA) is 72.2 Å². The summed E-state index contributed by atoms with van der Waals surface area (Å²) in [5.74, 6) is -0.379. The van der Waals surface area contributed by atoms with Gasteiger partial charge in [-0.25, -0.2) is 0 Å². The van der Waals surface area contributed by atoms with Crippen molar-refractivity contribution in [2.24, 2.45) is 0 Å². The van der Waals surface area contributed by atoms with Crippen LogP contribution in [0.15, 0.2) is 36.4 Å². The molecule has 0 fully saturated rings. The molecule has 2 rings (SSSR count). The van der Waals surface area contributed by atoms with Crippen LogP contribution in [0.3, 0.4) is 0 Å². The SMILES string of the molecule is O=C(Nc1ccc(Cl)cc1)c1ccc([N+](=O)[O-])s1. The summed E-state index contributed by atoms with van der Waals surface area (Å²) in [5.41, 5.74) is 0.584. The molecule has 1 aromatic heterocycles. The molecule has 1 amide bonds. The molecule has 18 heavy (non-hydrogen) atoms. The highest BCUT2D eigenvalue weighted by molar-refractivity contribution is 7.17. The molecule has 2 aromatic rings. The Labute approximate surface area is 111 Å². The Morgan fingerprint density at radius 3 is 2.44 bits per heavy atom. The third kappa shape index (κ3) is 2.85. The monoisotopic (exact) mass is 282 g/mol. The van der Waals surface area contributed by atoms with Crippen molar-refractivity contribution in [2.75, 3.05) is 5.32 Å². The Balaban J connectivity index is 2.11. The Hall–Kier alpha value is -1.92. The Kier molecular flexibility index (Phi) is 3.59. The number of benzene rings is 1. The molecule has 1 aromatic carbocycles. The first-order valence-corrected chi connectivity index (χ1v) is 6.07. The van der Waals surface area contributed by atoms with E-state index < -0.39 is 4.92 Å². The molecular weight excluding hydrogens is 276 g/mol. The summed E-state index contributed by atoms with van der Waals surface area (Å²) >= 11 is 6.55. The second-order valence-electron chi connectivity index (χ2n) is 3.36. The Bertz CT molecular complexity index is 595. The van der Waals surface area contributed by atoms with Crippen LogP contribution in [-0.4, -0.2) is 10.8 Å². The summed E-state index contributed by atoms with van der Waals surface area (Å²) in [4.78, 5) is 22.0. The summed E-state index contributed by atoms with van der Waals surface area (Å²) in [5, 5.41) is 13.6. The number of nitrogens with zero attached hydrogens (tertiary/aromatic N) is 1. The summed E-state index contributed by atoms with van der Waals surface area (Å²) in [6.45, 7) is 0. The molecule has 0 aliphatic heterocycles. The third-order valence-electron chi connectivity index (χ3n) is 2.10. The van der Waals surface area contributed by atoms with Crippen LogP contribution in [-0.2, 0) is 0 Å². The smallest absolute Gasteiger partial charge is 0.321 e. The molecular formula is C11H7ClN2O3S. The molecule has 92 valence electrons. The van der Waals surface area contributed by atoms with Crippen LogP contribution in [0, 0.1) is 10.1 Å². The first kappa shape index (κ1) is 12.5. The van der Waals surface area contributed by atoms with Crippen molar-refractivity contribution in [1.29, 1.82) is 0 Å². The minimum atomic E-state index is -0.524. The molecule has 0 spiro atoms. The van der Waals surface area contributed by atoms with Gasteiger partial charge in [0.05, 0.1) is 9.80 Å². The van der Waals surface area contributed by atoms with Crippen LogP contribution in [0.25, 0.3) is 0 Å². The number of carbonyl (C=O) groups is 1. The van der Waals surface area contributed by atoms with E-state index in [1.165, 1.54) is 12.1 Å². The molecule has 0 saturated carbocycles. The number of thiophene rings is 1. The van der Waals surface area contributed by atoms with Gasteiger partial charge in [0, 0.05) is 16.8 Å². The van der Waals surface area contributed by atoms with Gasteiger partial charge in [-0.2, -0.15) is 0 Å². The van der Waals surface area contributed by atoms with Crippen LogP contribution in [0.4, 0.5) is 10.7 Å². The van der Waals surface area contributed by atoms with Gasteiger partial charge in [0.25, 0.3) is 5.91 Å². The van der Waals surface area contributed by atoms with E-state index in [9.17, 15) is 14.9 Å². The predicted octanol–water partition coefficient (Wildman–Crippen LogP) is 3.56. The number of carbonyl (C=O) groups excluding carboxylic acids is 1. The fourth-order valence-corrected chi connectivity index (χ4v) is 2.12. The number of rotatable bonds is 3. The van der Waals surface area contributed by atoms with Crippen molar-refractivity contribution in [3.05, 3.63) is 56.4 Å². The molecule has 0 aliphatic rings. The minimum Gasteiger partial charge on any atom is -0.321 e. The van der Waals surface area contributed by atoms with Crippen LogP contribution in [0.2, 0.25) is 5.02 Å². The second kappa shape index (κ2) is 5.16. The van der Waals surface area contributed by atoms with Crippen LogP contribution < -0.4 is 5.32 Å². The average Bonchev–Trinajstić information content (AvgIpc) is 2.81. The van der Waals surface area contributed by atoms with Crippen molar-refractivity contribution in [1.82, 2.24) is 0 Å². The molecule has 1 heterocycles. The molecule has 0 radical (unpaired) electrons. The lowest BCUT2D eigenvalue weighted by atomic mass is 10.3. The van der Waals surface area contributed by atoms with Gasteiger partial charge >= 0.3 is 5.00 Å². The highest BCUT2D eigenvalue weighted by atomic mass is 35.5. The molecule has 0 aliphatic carbocycles. The molecule has 5 nitrogen and oxygen atoms in total. The summed E-state index contributed by atoms with van der Waals surface area (Å²) in [6.07, 6.45) is 0. The maximum atomic E-state index is 11.8. The first-order chi connectivity index (χ1) is 8.56. The fraction of sp³-hybridized carbons (Fsp3) is 0. The van der Waals surface area contributed by atoms with Gasteiger partial charge in [0.2, 0.25) is 0 Å². The highest BCUT2D eigenvalue weighted by Crippen LogP contribution is 2.24. The number of amides is 1. The molecule has 7 heteroatoms. The van der Waals surface area contributed by atoms with E-state index in [4.69, 9.17) is 11.6 Å². The van der Waals surface area contributed by atoms with Crippen molar-refractivity contribution in [2.45, 2.75) is 0 Å². The van der Waals surface area contributed by atoms with Gasteiger partial charge in [0.15, 0.2) is 0 Å². The number of hydrogen-bond acceptors (Lipinski definition) is 4. The zero-order chi connectivity index (χ0) is 13.1. The summed E-state index contributed by atoms with van der Waals surface area (Å²) in [6, 6.07) is 9.34. The minimum absolute atomic E-state index is 0.0590. The number of halogens is 1. The van der Waals surface area contributed by atoms with E-state index in [-0.39, 0.29) is 15.8 Å². The van der Waals surface area contributed by atoms with Gasteiger partial charge in [-0.05, 0) is 30.3 Å². The van der Waals surface area contributed by atoms with E-state index in [0.717, 1.165) is 11.3 Å². The van der Waals surface area contributed by atoms with E-state index in [0.29, 0.717) is 10.7 Å². The van der Waals surface area contributed by atoms with Gasteiger partial charge in [-0.3, -0.25) is 14.9 Å². The van der Waals surface area contributed by atoms with Crippen molar-refractivity contribution < 1.29 is 9.72 Å². The lowest BCUT2D eigenvalue weighted by molar-refractivity contribution is -0.380. The maximum Gasteiger partial charge on any atom is 0.324 e. The first-order valence-electron chi connectivity index (χ1n) is 4.87. The quantitative estimate of drug-likeness (QED) is 0.691. The number of nitrogens with one attached hydrogen (secondary N) is 1. The average molecular weight is 283 g/mol. The van der Waals surface area contributed by atoms with E-state index in [2.05, 4.69) is 5.32 Å². The number of hydrogen-bond donors (Lipinski definition) is 1. The fourth-order valence-electron chi connectivity index (χ4n) is 1.27. The van der Waals surface area contributed by atoms with Crippen LogP contribution in [0.1, 0.15) is 9.67 Å². The third-order valence-corrected chi connectivity index (χ3v) is 3.39. The highest BCUT2D eigenvalue weighted by Gasteiger charge is 2.15. The Morgan fingerprint density at radius 2 is 1.89 bits per heavy atom. The molecule has 0 saturated heterocycles. The standard InChI is InChI=1S/C11H7ClN2O3S/c12-7-1-3-8(4-2-7)13-11(15)9-5-6-10(18-9)14(16)17/h1-6H,(H,13,15). The Morgan fingerprint density at radius 1 is 1.22 bits per heavy atom. The molecule has 0 atom stereocenters. The van der Waals surface area contributed by atoms with Crippen molar-refractivity contribution >= 4 is 39.5 Å².